The minimum absolute atomic E-state index is 0.136. The lowest BCUT2D eigenvalue weighted by Gasteiger charge is -1.99. The summed E-state index contributed by atoms with van der Waals surface area (Å²) >= 11 is 3.35. The van der Waals surface area contributed by atoms with Crippen molar-refractivity contribution in [2.75, 3.05) is 0 Å². The van der Waals surface area contributed by atoms with Crippen molar-refractivity contribution in [1.29, 1.82) is 0 Å². The van der Waals surface area contributed by atoms with Crippen LogP contribution in [0.1, 0.15) is 5.56 Å². The Balaban J connectivity index is 2.25. The van der Waals surface area contributed by atoms with E-state index in [1.54, 1.807) is 12.1 Å². The van der Waals surface area contributed by atoms with E-state index in [4.69, 9.17) is 0 Å². The van der Waals surface area contributed by atoms with E-state index in [2.05, 4.69) is 26.2 Å². The third-order valence-corrected chi connectivity index (χ3v) is 2.76. The summed E-state index contributed by atoms with van der Waals surface area (Å²) in [5.41, 5.74) is 2.26. The van der Waals surface area contributed by atoms with Crippen LogP contribution in [0.25, 0.3) is 0 Å². The van der Waals surface area contributed by atoms with Gasteiger partial charge in [0.25, 0.3) is 0 Å². The van der Waals surface area contributed by atoms with E-state index in [0.29, 0.717) is 5.69 Å². The van der Waals surface area contributed by atoms with Gasteiger partial charge in [-0.1, -0.05) is 22.0 Å². The van der Waals surface area contributed by atoms with Crippen molar-refractivity contribution >= 4 is 27.3 Å². The quantitative estimate of drug-likeness (QED) is 0.787. The molecule has 0 heterocycles. The van der Waals surface area contributed by atoms with Crippen molar-refractivity contribution in [2.24, 2.45) is 10.2 Å². The van der Waals surface area contributed by atoms with Gasteiger partial charge in [-0.2, -0.15) is 5.11 Å². The van der Waals surface area contributed by atoms with Gasteiger partial charge in [-0.15, -0.1) is 5.11 Å². The number of phenols is 1. The Morgan fingerprint density at radius 2 is 1.71 bits per heavy atom. The van der Waals surface area contributed by atoms with Crippen LogP contribution in [-0.2, 0) is 0 Å². The highest BCUT2D eigenvalue weighted by Gasteiger charge is 1.99. The molecule has 0 aliphatic heterocycles. The van der Waals surface area contributed by atoms with Gasteiger partial charge in [-0.05, 0) is 48.9 Å². The fourth-order valence-corrected chi connectivity index (χ4v) is 1.60. The molecule has 4 heteroatoms. The van der Waals surface area contributed by atoms with Gasteiger partial charge < -0.3 is 5.11 Å². The fraction of sp³-hybridized carbons (Fsp3) is 0.0769. The third-order valence-electron chi connectivity index (χ3n) is 2.23. The second kappa shape index (κ2) is 5.10. The first-order chi connectivity index (χ1) is 8.15. The smallest absolute Gasteiger partial charge is 0.143 e. The Morgan fingerprint density at radius 3 is 2.41 bits per heavy atom. The molecule has 0 aliphatic carbocycles. The van der Waals surface area contributed by atoms with Crippen LogP contribution in [0.15, 0.2) is 57.2 Å². The van der Waals surface area contributed by atoms with E-state index in [0.717, 1.165) is 15.7 Å². The second-order valence-electron chi connectivity index (χ2n) is 3.67. The van der Waals surface area contributed by atoms with Gasteiger partial charge in [-0.25, -0.2) is 0 Å². The van der Waals surface area contributed by atoms with Gasteiger partial charge in [0.05, 0.1) is 5.69 Å². The zero-order valence-corrected chi connectivity index (χ0v) is 10.8. The molecule has 2 aromatic carbocycles. The SMILES string of the molecule is Cc1ccc(O)c(N=Nc2ccc(Br)cc2)c1. The summed E-state index contributed by atoms with van der Waals surface area (Å²) < 4.78 is 0.995. The van der Waals surface area contributed by atoms with Crippen molar-refractivity contribution < 1.29 is 5.11 Å². The summed E-state index contributed by atoms with van der Waals surface area (Å²) in [4.78, 5) is 0. The number of hydrogen-bond donors (Lipinski definition) is 1. The van der Waals surface area contributed by atoms with Gasteiger partial charge in [0.1, 0.15) is 11.4 Å². The molecule has 17 heavy (non-hydrogen) atoms. The van der Waals surface area contributed by atoms with Crippen molar-refractivity contribution in [3.8, 4) is 5.75 Å². The Kier molecular flexibility index (Phi) is 3.54. The lowest BCUT2D eigenvalue weighted by Crippen LogP contribution is -1.72. The minimum atomic E-state index is 0.136. The molecule has 0 fully saturated rings. The van der Waals surface area contributed by atoms with E-state index in [-0.39, 0.29) is 5.75 Å². The molecule has 0 unspecified atom stereocenters. The number of nitrogens with zero attached hydrogens (tertiary/aromatic N) is 2. The first kappa shape index (κ1) is 11.8. The molecular weight excluding hydrogens is 280 g/mol. The Labute approximate surface area is 108 Å². The van der Waals surface area contributed by atoms with Gasteiger partial charge in [0.15, 0.2) is 0 Å². The zero-order chi connectivity index (χ0) is 12.3. The number of aryl methyl sites for hydroxylation is 1. The van der Waals surface area contributed by atoms with Crippen LogP contribution >= 0.6 is 15.9 Å². The summed E-state index contributed by atoms with van der Waals surface area (Å²) in [5, 5.41) is 17.7. The molecule has 2 rings (SSSR count). The average molecular weight is 291 g/mol. The predicted molar refractivity (Wildman–Crippen MR) is 71.2 cm³/mol. The van der Waals surface area contributed by atoms with Crippen LogP contribution in [0, 0.1) is 6.92 Å². The summed E-state index contributed by atoms with van der Waals surface area (Å²) in [5.74, 6) is 0.136. The number of halogens is 1. The summed E-state index contributed by atoms with van der Waals surface area (Å²) in [6, 6.07) is 12.7. The van der Waals surface area contributed by atoms with E-state index < -0.39 is 0 Å². The van der Waals surface area contributed by atoms with Crippen molar-refractivity contribution in [3.63, 3.8) is 0 Å². The Morgan fingerprint density at radius 1 is 1.00 bits per heavy atom. The highest BCUT2D eigenvalue weighted by Crippen LogP contribution is 2.29. The van der Waals surface area contributed by atoms with E-state index in [1.165, 1.54) is 0 Å². The monoisotopic (exact) mass is 290 g/mol. The topological polar surface area (TPSA) is 45.0 Å². The second-order valence-corrected chi connectivity index (χ2v) is 4.58. The summed E-state index contributed by atoms with van der Waals surface area (Å²) in [7, 11) is 0. The van der Waals surface area contributed by atoms with Crippen LogP contribution in [0.5, 0.6) is 5.75 Å². The first-order valence-corrected chi connectivity index (χ1v) is 5.91. The van der Waals surface area contributed by atoms with Gasteiger partial charge in [-0.3, -0.25) is 0 Å². The molecule has 0 saturated carbocycles. The van der Waals surface area contributed by atoms with E-state index >= 15 is 0 Å². The minimum Gasteiger partial charge on any atom is -0.506 e. The maximum Gasteiger partial charge on any atom is 0.143 e. The molecule has 0 aromatic heterocycles. The van der Waals surface area contributed by atoms with Crippen LogP contribution in [0.4, 0.5) is 11.4 Å². The van der Waals surface area contributed by atoms with Crippen LogP contribution in [0.2, 0.25) is 0 Å². The summed E-state index contributed by atoms with van der Waals surface area (Å²) in [6.45, 7) is 1.94. The molecule has 86 valence electrons. The van der Waals surface area contributed by atoms with E-state index in [9.17, 15) is 5.11 Å². The number of hydrogen-bond acceptors (Lipinski definition) is 3. The zero-order valence-electron chi connectivity index (χ0n) is 9.26. The van der Waals surface area contributed by atoms with Gasteiger partial charge in [0, 0.05) is 4.47 Å². The Bertz CT molecular complexity index is 550. The van der Waals surface area contributed by atoms with Crippen LogP contribution < -0.4 is 0 Å². The molecule has 3 nitrogen and oxygen atoms in total. The molecule has 0 aliphatic rings. The van der Waals surface area contributed by atoms with E-state index in [1.807, 2.05) is 37.3 Å². The molecule has 0 atom stereocenters. The summed E-state index contributed by atoms with van der Waals surface area (Å²) in [6.07, 6.45) is 0. The normalized spacial score (nSPS) is 10.9. The molecule has 0 bridgehead atoms. The standard InChI is InChI=1S/C13H11BrN2O/c1-9-2-7-13(17)12(8-9)16-15-11-5-3-10(14)4-6-11/h2-8,17H,1H3. The highest BCUT2D eigenvalue weighted by atomic mass is 79.9. The van der Waals surface area contributed by atoms with Gasteiger partial charge >= 0.3 is 0 Å². The highest BCUT2D eigenvalue weighted by molar-refractivity contribution is 9.10. The maximum atomic E-state index is 9.60. The fourth-order valence-electron chi connectivity index (χ4n) is 1.33. The number of benzene rings is 2. The molecule has 2 aromatic rings. The number of phenolic OH excluding ortho intramolecular Hbond substituents is 1. The van der Waals surface area contributed by atoms with Crippen molar-refractivity contribution in [2.45, 2.75) is 6.92 Å². The lowest BCUT2D eigenvalue weighted by molar-refractivity contribution is 0.476. The molecule has 0 radical (unpaired) electrons. The first-order valence-electron chi connectivity index (χ1n) is 5.12. The van der Waals surface area contributed by atoms with Crippen molar-refractivity contribution in [3.05, 3.63) is 52.5 Å². The predicted octanol–water partition coefficient (Wildman–Crippen LogP) is 4.88. The van der Waals surface area contributed by atoms with Crippen molar-refractivity contribution in [1.82, 2.24) is 0 Å². The average Bonchev–Trinajstić information content (AvgIpc) is 2.32. The third kappa shape index (κ3) is 3.14. The number of azo groups is 1. The molecule has 0 saturated heterocycles. The molecular formula is C13H11BrN2O. The van der Waals surface area contributed by atoms with Crippen LogP contribution in [-0.4, -0.2) is 5.11 Å². The molecule has 1 N–H and O–H groups in total. The maximum absolute atomic E-state index is 9.60. The number of aromatic hydroxyl groups is 1. The van der Waals surface area contributed by atoms with Crippen LogP contribution in [0.3, 0.4) is 0 Å². The Hall–Kier alpha value is -1.68. The molecule has 0 amide bonds. The largest absolute Gasteiger partial charge is 0.506 e. The number of rotatable bonds is 2. The molecule has 0 spiro atoms. The lowest BCUT2D eigenvalue weighted by atomic mass is 10.2. The van der Waals surface area contributed by atoms with Gasteiger partial charge in [0.2, 0.25) is 0 Å².